The fourth-order valence-corrected chi connectivity index (χ4v) is 1.94. The Kier molecular flexibility index (Phi) is 4.39. The van der Waals surface area contributed by atoms with Crippen molar-refractivity contribution < 1.29 is 19.2 Å². The second-order valence-electron chi connectivity index (χ2n) is 3.97. The van der Waals surface area contributed by atoms with Crippen LogP contribution in [0.3, 0.4) is 0 Å². The summed E-state index contributed by atoms with van der Waals surface area (Å²) in [4.78, 5) is 21.4. The molecule has 0 spiro atoms. The largest absolute Gasteiger partial charge is 0.490 e. The molecule has 6 nitrogen and oxygen atoms in total. The molecule has 0 fully saturated rings. The number of ether oxygens (including phenoxy) is 2. The number of hydrogen-bond acceptors (Lipinski definition) is 5. The lowest BCUT2D eigenvalue weighted by Gasteiger charge is -2.10. The number of aldehydes is 1. The molecule has 21 heavy (non-hydrogen) atoms. The van der Waals surface area contributed by atoms with Gasteiger partial charge in [-0.15, -0.1) is 0 Å². The van der Waals surface area contributed by atoms with Gasteiger partial charge in [-0.05, 0) is 24.3 Å². The Labute approximate surface area is 125 Å². The molecule has 0 unspecified atom stereocenters. The number of nitrogens with zero attached hydrogens (tertiary/aromatic N) is 1. The number of para-hydroxylation sites is 1. The van der Waals surface area contributed by atoms with Gasteiger partial charge in [0.2, 0.25) is 0 Å². The van der Waals surface area contributed by atoms with E-state index in [0.29, 0.717) is 6.29 Å². The summed E-state index contributed by atoms with van der Waals surface area (Å²) in [5, 5.41) is 11.2. The number of halogens is 1. The van der Waals surface area contributed by atoms with E-state index in [4.69, 9.17) is 21.1 Å². The summed E-state index contributed by atoms with van der Waals surface area (Å²) in [5.41, 5.74) is 0.00989. The van der Waals surface area contributed by atoms with Crippen LogP contribution in [0.4, 0.5) is 5.69 Å². The number of benzene rings is 2. The first kappa shape index (κ1) is 14.8. The predicted octanol–water partition coefficient (Wildman–Crippen LogP) is 3.86. The number of rotatable bonds is 5. The summed E-state index contributed by atoms with van der Waals surface area (Å²) < 4.78 is 10.4. The fourth-order valence-electron chi connectivity index (χ4n) is 1.72. The lowest BCUT2D eigenvalue weighted by molar-refractivity contribution is -0.385. The van der Waals surface area contributed by atoms with E-state index in [1.54, 1.807) is 12.1 Å². The minimum absolute atomic E-state index is 0.113. The van der Waals surface area contributed by atoms with Gasteiger partial charge in [0.25, 0.3) is 0 Å². The maximum atomic E-state index is 11.0. The number of nitro groups is 1. The van der Waals surface area contributed by atoms with Crippen molar-refractivity contribution in [3.8, 4) is 17.2 Å². The zero-order chi connectivity index (χ0) is 15.4. The molecule has 0 aromatic heterocycles. The highest BCUT2D eigenvalue weighted by atomic mass is 35.5. The van der Waals surface area contributed by atoms with Crippen molar-refractivity contribution in [1.82, 2.24) is 0 Å². The Morgan fingerprint density at radius 1 is 1.29 bits per heavy atom. The summed E-state index contributed by atoms with van der Waals surface area (Å²) >= 11 is 5.98. The molecule has 0 aliphatic rings. The van der Waals surface area contributed by atoms with Crippen molar-refractivity contribution >= 4 is 23.6 Å². The molecule has 108 valence electrons. The van der Waals surface area contributed by atoms with Gasteiger partial charge in [0.15, 0.2) is 17.8 Å². The van der Waals surface area contributed by atoms with Gasteiger partial charge in [0.1, 0.15) is 5.75 Å². The summed E-state index contributed by atoms with van der Waals surface area (Å²) in [7, 11) is 1.33. The van der Waals surface area contributed by atoms with E-state index >= 15 is 0 Å². The highest BCUT2D eigenvalue weighted by Crippen LogP contribution is 2.36. The van der Waals surface area contributed by atoms with Gasteiger partial charge in [-0.3, -0.25) is 14.9 Å². The minimum atomic E-state index is -0.584. The zero-order valence-electron chi connectivity index (χ0n) is 10.9. The monoisotopic (exact) mass is 307 g/mol. The van der Waals surface area contributed by atoms with Gasteiger partial charge < -0.3 is 9.47 Å². The quantitative estimate of drug-likeness (QED) is 0.476. The third-order valence-corrected chi connectivity index (χ3v) is 2.99. The van der Waals surface area contributed by atoms with Crippen LogP contribution in [-0.4, -0.2) is 18.3 Å². The first-order valence-corrected chi connectivity index (χ1v) is 6.18. The van der Waals surface area contributed by atoms with Crippen LogP contribution >= 0.6 is 11.6 Å². The molecule has 0 aliphatic heterocycles. The van der Waals surface area contributed by atoms with Crippen molar-refractivity contribution in [2.45, 2.75) is 0 Å². The second kappa shape index (κ2) is 6.23. The first-order chi connectivity index (χ1) is 10.1. The third kappa shape index (κ3) is 3.11. The highest BCUT2D eigenvalue weighted by Gasteiger charge is 2.17. The third-order valence-electron chi connectivity index (χ3n) is 2.69. The van der Waals surface area contributed by atoms with E-state index in [-0.39, 0.29) is 33.5 Å². The molecule has 0 N–H and O–H groups in total. The van der Waals surface area contributed by atoms with Crippen molar-refractivity contribution in [3.05, 3.63) is 57.1 Å². The van der Waals surface area contributed by atoms with E-state index in [2.05, 4.69) is 0 Å². The molecular weight excluding hydrogens is 298 g/mol. The molecule has 2 aromatic rings. The normalized spacial score (nSPS) is 10.0. The Morgan fingerprint density at radius 2 is 2.05 bits per heavy atom. The van der Waals surface area contributed by atoms with Gasteiger partial charge in [0.05, 0.1) is 28.7 Å². The molecule has 0 amide bonds. The van der Waals surface area contributed by atoms with E-state index in [1.807, 2.05) is 0 Å². The van der Waals surface area contributed by atoms with E-state index < -0.39 is 4.92 Å². The Bertz CT molecular complexity index is 702. The van der Waals surface area contributed by atoms with Crippen LogP contribution in [0.25, 0.3) is 0 Å². The lowest BCUT2D eigenvalue weighted by Crippen LogP contribution is -1.96. The Morgan fingerprint density at radius 3 is 2.67 bits per heavy atom. The molecule has 0 aliphatic carbocycles. The van der Waals surface area contributed by atoms with Crippen LogP contribution in [0.2, 0.25) is 5.02 Å². The van der Waals surface area contributed by atoms with E-state index in [0.717, 1.165) is 0 Å². The van der Waals surface area contributed by atoms with Crippen LogP contribution in [0.1, 0.15) is 10.4 Å². The Hall–Kier alpha value is -2.60. The molecule has 0 heterocycles. The summed E-state index contributed by atoms with van der Waals surface area (Å²) in [6.45, 7) is 0. The predicted molar refractivity (Wildman–Crippen MR) is 76.6 cm³/mol. The standard InChI is InChI=1S/C14H10ClNO5/c1-20-13-6-5-10(7-12(13)16(18)19)21-14-9(8-17)3-2-4-11(14)15/h2-8H,1H3. The molecule has 2 aromatic carbocycles. The van der Waals surface area contributed by atoms with E-state index in [1.165, 1.54) is 31.4 Å². The molecule has 2 rings (SSSR count). The van der Waals surface area contributed by atoms with Crippen LogP contribution in [0.5, 0.6) is 17.2 Å². The van der Waals surface area contributed by atoms with Crippen LogP contribution < -0.4 is 9.47 Å². The summed E-state index contributed by atoms with van der Waals surface area (Å²) in [6.07, 6.45) is 0.596. The number of methoxy groups -OCH3 is 1. The smallest absolute Gasteiger partial charge is 0.314 e. The van der Waals surface area contributed by atoms with Gasteiger partial charge in [-0.25, -0.2) is 0 Å². The average Bonchev–Trinajstić information content (AvgIpc) is 2.49. The number of carbonyl (C=O) groups excluding carboxylic acids is 1. The van der Waals surface area contributed by atoms with Gasteiger partial charge in [-0.1, -0.05) is 17.7 Å². The van der Waals surface area contributed by atoms with Gasteiger partial charge >= 0.3 is 5.69 Å². The average molecular weight is 308 g/mol. The molecule has 0 bridgehead atoms. The van der Waals surface area contributed by atoms with Crippen LogP contribution in [0, 0.1) is 10.1 Å². The van der Waals surface area contributed by atoms with Gasteiger partial charge in [-0.2, -0.15) is 0 Å². The molecule has 0 radical (unpaired) electrons. The molecule has 0 saturated carbocycles. The Balaban J connectivity index is 2.43. The van der Waals surface area contributed by atoms with E-state index in [9.17, 15) is 14.9 Å². The zero-order valence-corrected chi connectivity index (χ0v) is 11.7. The van der Waals surface area contributed by atoms with Crippen LogP contribution in [0.15, 0.2) is 36.4 Å². The maximum absolute atomic E-state index is 11.0. The van der Waals surface area contributed by atoms with Crippen molar-refractivity contribution in [3.63, 3.8) is 0 Å². The van der Waals surface area contributed by atoms with Gasteiger partial charge in [0, 0.05) is 0 Å². The topological polar surface area (TPSA) is 78.7 Å². The minimum Gasteiger partial charge on any atom is -0.490 e. The highest BCUT2D eigenvalue weighted by molar-refractivity contribution is 6.32. The summed E-state index contributed by atoms with van der Waals surface area (Å²) in [6, 6.07) is 8.80. The van der Waals surface area contributed by atoms with Crippen molar-refractivity contribution in [1.29, 1.82) is 0 Å². The van der Waals surface area contributed by atoms with Crippen molar-refractivity contribution in [2.75, 3.05) is 7.11 Å². The maximum Gasteiger partial charge on any atom is 0.314 e. The summed E-state index contributed by atoms with van der Waals surface area (Å²) in [5.74, 6) is 0.439. The number of hydrogen-bond donors (Lipinski definition) is 0. The lowest BCUT2D eigenvalue weighted by atomic mass is 10.2. The number of carbonyl (C=O) groups is 1. The molecule has 0 saturated heterocycles. The molecular formula is C14H10ClNO5. The molecule has 7 heteroatoms. The number of nitro benzene ring substituents is 1. The second-order valence-corrected chi connectivity index (χ2v) is 4.38. The molecule has 0 atom stereocenters. The first-order valence-electron chi connectivity index (χ1n) is 5.80. The fraction of sp³-hybridized carbons (Fsp3) is 0.0714. The SMILES string of the molecule is COc1ccc(Oc2c(Cl)cccc2C=O)cc1[N+](=O)[O-]. The van der Waals surface area contributed by atoms with Crippen LogP contribution in [-0.2, 0) is 0 Å². The van der Waals surface area contributed by atoms with Crippen molar-refractivity contribution in [2.24, 2.45) is 0 Å².